The highest BCUT2D eigenvalue weighted by Gasteiger charge is 2.25. The maximum atomic E-state index is 12.4. The first-order valence-electron chi connectivity index (χ1n) is 8.98. The molecule has 0 aliphatic carbocycles. The Morgan fingerprint density at radius 2 is 1.85 bits per heavy atom. The molecule has 138 valence electrons. The molecule has 3 aromatic heterocycles. The average molecular weight is 364 g/mol. The Bertz CT molecular complexity index is 959. The summed E-state index contributed by atoms with van der Waals surface area (Å²) in [5.41, 5.74) is 2.09. The van der Waals surface area contributed by atoms with E-state index in [2.05, 4.69) is 20.3 Å². The minimum atomic E-state index is -0.108. The van der Waals surface area contributed by atoms with Crippen LogP contribution in [0.25, 0.3) is 11.3 Å². The fraction of sp³-hybridized carbons (Fsp3) is 0.316. The summed E-state index contributed by atoms with van der Waals surface area (Å²) in [6, 6.07) is 8.72. The predicted octanol–water partition coefficient (Wildman–Crippen LogP) is 1.58. The first-order chi connectivity index (χ1) is 13.2. The summed E-state index contributed by atoms with van der Waals surface area (Å²) in [6.07, 6.45) is 6.67. The van der Waals surface area contributed by atoms with Crippen LogP contribution in [0.15, 0.2) is 53.7 Å². The molecule has 1 N–H and O–H groups in total. The van der Waals surface area contributed by atoms with Gasteiger partial charge in [-0.2, -0.15) is 10.2 Å². The lowest BCUT2D eigenvalue weighted by atomic mass is 9.96. The van der Waals surface area contributed by atoms with E-state index in [1.807, 2.05) is 17.0 Å². The minimum absolute atomic E-state index is 0.0269. The molecule has 0 spiro atoms. The fourth-order valence-electron chi connectivity index (χ4n) is 3.36. The van der Waals surface area contributed by atoms with Gasteiger partial charge in [0.15, 0.2) is 0 Å². The summed E-state index contributed by atoms with van der Waals surface area (Å²) in [5, 5.41) is 11.1. The highest BCUT2D eigenvalue weighted by atomic mass is 16.2. The van der Waals surface area contributed by atoms with E-state index >= 15 is 0 Å². The van der Waals surface area contributed by atoms with Crippen molar-refractivity contribution >= 4 is 5.91 Å². The lowest BCUT2D eigenvalue weighted by Gasteiger charge is -2.31. The van der Waals surface area contributed by atoms with Crippen LogP contribution in [0.3, 0.4) is 0 Å². The number of carbonyl (C=O) groups is 1. The zero-order chi connectivity index (χ0) is 18.6. The average Bonchev–Trinajstić information content (AvgIpc) is 3.25. The zero-order valence-electron chi connectivity index (χ0n) is 14.8. The molecule has 0 saturated carbocycles. The van der Waals surface area contributed by atoms with Gasteiger partial charge in [0.1, 0.15) is 5.69 Å². The van der Waals surface area contributed by atoms with Crippen LogP contribution in [0, 0.1) is 5.92 Å². The van der Waals surface area contributed by atoms with E-state index in [0.29, 0.717) is 31.2 Å². The summed E-state index contributed by atoms with van der Waals surface area (Å²) in [4.78, 5) is 30.4. The Kier molecular flexibility index (Phi) is 4.78. The minimum Gasteiger partial charge on any atom is -0.337 e. The van der Waals surface area contributed by atoms with Crippen molar-refractivity contribution < 1.29 is 4.79 Å². The van der Waals surface area contributed by atoms with E-state index in [1.54, 1.807) is 36.8 Å². The van der Waals surface area contributed by atoms with Gasteiger partial charge >= 0.3 is 0 Å². The van der Waals surface area contributed by atoms with Crippen LogP contribution >= 0.6 is 0 Å². The van der Waals surface area contributed by atoms with Gasteiger partial charge in [-0.05, 0) is 43.0 Å². The first kappa shape index (κ1) is 17.1. The van der Waals surface area contributed by atoms with Crippen molar-refractivity contribution in [3.63, 3.8) is 0 Å². The first-order valence-corrected chi connectivity index (χ1v) is 8.98. The quantitative estimate of drug-likeness (QED) is 0.758. The molecule has 0 unspecified atom stereocenters. The van der Waals surface area contributed by atoms with Gasteiger partial charge in [0.25, 0.3) is 11.5 Å². The van der Waals surface area contributed by atoms with Crippen molar-refractivity contribution in [2.24, 2.45) is 5.92 Å². The van der Waals surface area contributed by atoms with Crippen LogP contribution in [0.5, 0.6) is 0 Å². The van der Waals surface area contributed by atoms with Crippen molar-refractivity contribution in [3.05, 3.63) is 65.0 Å². The molecule has 8 heteroatoms. The van der Waals surface area contributed by atoms with Crippen molar-refractivity contribution in [1.82, 2.24) is 29.9 Å². The van der Waals surface area contributed by atoms with Crippen molar-refractivity contribution in [2.75, 3.05) is 13.1 Å². The number of pyridine rings is 1. The number of amides is 1. The number of likely N-dealkylation sites (tertiary alicyclic amines) is 1. The monoisotopic (exact) mass is 364 g/mol. The Hall–Kier alpha value is -3.29. The molecule has 8 nitrogen and oxygen atoms in total. The lowest BCUT2D eigenvalue weighted by Crippen LogP contribution is -2.40. The summed E-state index contributed by atoms with van der Waals surface area (Å²) in [5.74, 6) is 0.287. The Balaban J connectivity index is 1.42. The number of rotatable bonds is 4. The molecule has 0 atom stereocenters. The van der Waals surface area contributed by atoms with Gasteiger partial charge in [0.2, 0.25) is 0 Å². The van der Waals surface area contributed by atoms with Crippen LogP contribution in [-0.4, -0.2) is 48.9 Å². The third kappa shape index (κ3) is 3.79. The number of carbonyl (C=O) groups excluding carboxylic acids is 1. The van der Waals surface area contributed by atoms with Gasteiger partial charge in [-0.1, -0.05) is 0 Å². The molecule has 0 radical (unpaired) electrons. The van der Waals surface area contributed by atoms with Crippen LogP contribution in [0.4, 0.5) is 0 Å². The van der Waals surface area contributed by atoms with Gasteiger partial charge in [0, 0.05) is 49.9 Å². The molecular weight excluding hydrogens is 344 g/mol. The van der Waals surface area contributed by atoms with Gasteiger partial charge < -0.3 is 4.90 Å². The fourth-order valence-corrected chi connectivity index (χ4v) is 3.36. The highest BCUT2D eigenvalue weighted by molar-refractivity contribution is 5.92. The molecule has 1 aliphatic heterocycles. The van der Waals surface area contributed by atoms with Crippen LogP contribution in [0.2, 0.25) is 0 Å². The summed E-state index contributed by atoms with van der Waals surface area (Å²) in [6.45, 7) is 1.90. The SMILES string of the molecule is O=C(c1ccn[nH]1)N1CCC(Cn2nc(-c3ccncc3)ccc2=O)CC1. The molecule has 1 fully saturated rings. The Morgan fingerprint density at radius 3 is 2.56 bits per heavy atom. The number of hydrogen-bond donors (Lipinski definition) is 1. The molecule has 27 heavy (non-hydrogen) atoms. The number of nitrogens with one attached hydrogen (secondary N) is 1. The molecule has 1 saturated heterocycles. The molecule has 0 bridgehead atoms. The van der Waals surface area contributed by atoms with Gasteiger partial charge in [0.05, 0.1) is 5.69 Å². The van der Waals surface area contributed by atoms with E-state index in [9.17, 15) is 9.59 Å². The van der Waals surface area contributed by atoms with E-state index in [4.69, 9.17) is 0 Å². The van der Waals surface area contributed by atoms with Crippen molar-refractivity contribution in [2.45, 2.75) is 19.4 Å². The second-order valence-electron chi connectivity index (χ2n) is 6.68. The summed E-state index contributed by atoms with van der Waals surface area (Å²) in [7, 11) is 0. The van der Waals surface area contributed by atoms with E-state index in [1.165, 1.54) is 4.68 Å². The lowest BCUT2D eigenvalue weighted by molar-refractivity contribution is 0.0674. The third-order valence-corrected chi connectivity index (χ3v) is 4.91. The second-order valence-corrected chi connectivity index (χ2v) is 6.68. The Labute approximate surface area is 155 Å². The van der Waals surface area contributed by atoms with Gasteiger partial charge in [-0.15, -0.1) is 0 Å². The van der Waals surface area contributed by atoms with E-state index in [0.717, 1.165) is 24.1 Å². The molecule has 0 aromatic carbocycles. The number of nitrogens with zero attached hydrogens (tertiary/aromatic N) is 5. The van der Waals surface area contributed by atoms with Crippen LogP contribution in [0.1, 0.15) is 23.3 Å². The molecule has 1 aliphatic rings. The maximum Gasteiger partial charge on any atom is 0.271 e. The number of H-pyrrole nitrogens is 1. The van der Waals surface area contributed by atoms with E-state index < -0.39 is 0 Å². The molecule has 4 heterocycles. The predicted molar refractivity (Wildman–Crippen MR) is 98.9 cm³/mol. The van der Waals surface area contributed by atoms with E-state index in [-0.39, 0.29) is 11.5 Å². The topological polar surface area (TPSA) is 96.8 Å². The number of aromatic nitrogens is 5. The highest BCUT2D eigenvalue weighted by Crippen LogP contribution is 2.20. The largest absolute Gasteiger partial charge is 0.337 e. The second kappa shape index (κ2) is 7.53. The number of piperidine rings is 1. The normalized spacial score (nSPS) is 15.0. The van der Waals surface area contributed by atoms with Gasteiger partial charge in [-0.3, -0.25) is 19.7 Å². The standard InChI is InChI=1S/C19H20N6O2/c26-18-2-1-16(15-3-8-20-9-4-15)23-25(18)13-14-6-11-24(12-7-14)19(27)17-5-10-21-22-17/h1-5,8-10,14H,6-7,11-13H2,(H,21,22). The molecular formula is C19H20N6O2. The number of aromatic amines is 1. The molecule has 1 amide bonds. The summed E-state index contributed by atoms with van der Waals surface area (Å²) < 4.78 is 1.53. The smallest absolute Gasteiger partial charge is 0.271 e. The third-order valence-electron chi connectivity index (χ3n) is 4.91. The van der Waals surface area contributed by atoms with Gasteiger partial charge in [-0.25, -0.2) is 4.68 Å². The molecule has 3 aromatic rings. The summed E-state index contributed by atoms with van der Waals surface area (Å²) >= 11 is 0. The van der Waals surface area contributed by atoms with Crippen LogP contribution in [-0.2, 0) is 6.54 Å². The maximum absolute atomic E-state index is 12.4. The number of hydrogen-bond acceptors (Lipinski definition) is 5. The molecule has 4 rings (SSSR count). The zero-order valence-corrected chi connectivity index (χ0v) is 14.8. The van der Waals surface area contributed by atoms with Crippen molar-refractivity contribution in [3.8, 4) is 11.3 Å². The Morgan fingerprint density at radius 1 is 1.07 bits per heavy atom. The van der Waals surface area contributed by atoms with Crippen LogP contribution < -0.4 is 5.56 Å². The van der Waals surface area contributed by atoms with Crippen molar-refractivity contribution in [1.29, 1.82) is 0 Å².